The van der Waals surface area contributed by atoms with Crippen LogP contribution >= 0.6 is 0 Å². The lowest BCUT2D eigenvalue weighted by molar-refractivity contribution is 0.653. The lowest BCUT2D eigenvalue weighted by atomic mass is 10.0. The normalized spacial score (nSPS) is 15.0. The maximum Gasteiger partial charge on any atom is 0.0844 e. The Kier molecular flexibility index (Phi) is 5.43. The molecule has 0 aromatic heterocycles. The summed E-state index contributed by atoms with van der Waals surface area (Å²) in [7, 11) is 0. The highest BCUT2D eigenvalue weighted by Crippen LogP contribution is 2.03. The van der Waals surface area contributed by atoms with Crippen molar-refractivity contribution in [3.63, 3.8) is 0 Å². The van der Waals surface area contributed by atoms with Crippen molar-refractivity contribution in [1.82, 2.24) is 0 Å². The molecule has 0 aromatic rings. The summed E-state index contributed by atoms with van der Waals surface area (Å²) in [5, 5.41) is 3.19. The van der Waals surface area contributed by atoms with Crippen LogP contribution < -0.4 is 0 Å². The molecule has 0 saturated heterocycles. The molecule has 0 aliphatic rings. The van der Waals surface area contributed by atoms with E-state index in [0.717, 1.165) is 0 Å². The van der Waals surface area contributed by atoms with Gasteiger partial charge < -0.3 is 0 Å². The first-order valence-electron chi connectivity index (χ1n) is 2.96. The Bertz CT molecular complexity index is 168. The van der Waals surface area contributed by atoms with E-state index in [1.165, 1.54) is 0 Å². The molecule has 10 heavy (non-hydrogen) atoms. The van der Waals surface area contributed by atoms with Gasteiger partial charge in [-0.1, -0.05) is 13.8 Å². The molecule has 4 heteroatoms. The molecule has 0 bridgehead atoms. The Morgan fingerprint density at radius 1 is 1.00 bits per heavy atom. The summed E-state index contributed by atoms with van der Waals surface area (Å²) in [6.45, 7) is 3.84. The number of rotatable bonds is 3. The second-order valence-corrected chi connectivity index (χ2v) is 3.11. The van der Waals surface area contributed by atoms with E-state index in [9.17, 15) is 8.42 Å². The van der Waals surface area contributed by atoms with Crippen molar-refractivity contribution in [2.75, 3.05) is 0 Å². The summed E-state index contributed by atoms with van der Waals surface area (Å²) in [6, 6.07) is 0. The van der Waals surface area contributed by atoms with Gasteiger partial charge in [0.15, 0.2) is 0 Å². The largest absolute Gasteiger partial charge is 0.213 e. The molecule has 0 aliphatic carbocycles. The van der Waals surface area contributed by atoms with Gasteiger partial charge in [-0.25, -0.2) is 8.42 Å². The molecule has 2 atom stereocenters. The van der Waals surface area contributed by atoms with E-state index in [1.807, 2.05) is 13.8 Å². The van der Waals surface area contributed by atoms with Gasteiger partial charge in [-0.2, -0.15) is 0 Å². The minimum absolute atomic E-state index is 0.184. The summed E-state index contributed by atoms with van der Waals surface area (Å²) in [5.41, 5.74) is 0. The van der Waals surface area contributed by atoms with Gasteiger partial charge in [-0.3, -0.25) is 0 Å². The standard InChI is InChI=1S/C6H10O2S2/c1-5(3-9-7)6(2)4-10-8/h3-6H,1-2H3/t5-,6-/m1/s1. The van der Waals surface area contributed by atoms with Crippen LogP contribution in [0.1, 0.15) is 13.8 Å². The third-order valence-electron chi connectivity index (χ3n) is 1.37. The van der Waals surface area contributed by atoms with Crippen molar-refractivity contribution in [2.24, 2.45) is 11.8 Å². The average Bonchev–Trinajstić information content (AvgIpc) is 1.89. The molecule has 58 valence electrons. The number of hydrogen-bond acceptors (Lipinski definition) is 2. The van der Waals surface area contributed by atoms with Crippen molar-refractivity contribution in [1.29, 1.82) is 0 Å². The lowest BCUT2D eigenvalue weighted by Gasteiger charge is -2.06. The molecule has 0 aromatic carbocycles. The highest BCUT2D eigenvalue weighted by Gasteiger charge is 2.05. The zero-order valence-electron chi connectivity index (χ0n) is 5.94. The number of hydrogen-bond donors (Lipinski definition) is 0. The summed E-state index contributed by atoms with van der Waals surface area (Å²) in [4.78, 5) is 0. The van der Waals surface area contributed by atoms with Crippen LogP contribution in [0.3, 0.4) is 0 Å². The minimum atomic E-state index is 0.184. The first kappa shape index (κ1) is 9.78. The zero-order valence-corrected chi connectivity index (χ0v) is 7.58. The van der Waals surface area contributed by atoms with Crippen LogP contribution in [-0.4, -0.2) is 19.2 Å². The van der Waals surface area contributed by atoms with Gasteiger partial charge >= 0.3 is 0 Å². The van der Waals surface area contributed by atoms with Gasteiger partial charge in [0.1, 0.15) is 0 Å². The SMILES string of the molecule is C[C@H](C=S=O)[C@H](C)C=S=O. The summed E-state index contributed by atoms with van der Waals surface area (Å²) >= 11 is 0.915. The fourth-order valence-corrected chi connectivity index (χ4v) is 1.27. The Hall–Kier alpha value is -0.220. The second kappa shape index (κ2) is 5.56. The molecule has 0 radical (unpaired) electrons. The van der Waals surface area contributed by atoms with E-state index in [2.05, 4.69) is 0 Å². The monoisotopic (exact) mass is 178 g/mol. The highest BCUT2D eigenvalue weighted by molar-refractivity contribution is 7.65. The van der Waals surface area contributed by atoms with Crippen LogP contribution in [0.4, 0.5) is 0 Å². The molecule has 0 saturated carbocycles. The Balaban J connectivity index is 4.05. The molecule has 0 rings (SSSR count). The lowest BCUT2D eigenvalue weighted by Crippen LogP contribution is -2.09. The quantitative estimate of drug-likeness (QED) is 0.582. The zero-order chi connectivity index (χ0) is 7.98. The van der Waals surface area contributed by atoms with Gasteiger partial charge in [0, 0.05) is 10.7 Å². The maximum atomic E-state index is 10.0. The third-order valence-corrected chi connectivity index (χ3v) is 2.45. The second-order valence-electron chi connectivity index (χ2n) is 2.18. The average molecular weight is 178 g/mol. The molecule has 0 unspecified atom stereocenters. The van der Waals surface area contributed by atoms with Crippen LogP contribution in [0.15, 0.2) is 0 Å². The molecular formula is C6H10O2S2. The van der Waals surface area contributed by atoms with Crippen LogP contribution in [0.25, 0.3) is 0 Å². The van der Waals surface area contributed by atoms with E-state index >= 15 is 0 Å². The van der Waals surface area contributed by atoms with Crippen molar-refractivity contribution in [3.05, 3.63) is 0 Å². The molecular weight excluding hydrogens is 168 g/mol. The smallest absolute Gasteiger partial charge is 0.0844 e. The predicted molar refractivity (Wildman–Crippen MR) is 46.7 cm³/mol. The topological polar surface area (TPSA) is 34.1 Å². The van der Waals surface area contributed by atoms with Crippen molar-refractivity contribution in [2.45, 2.75) is 13.8 Å². The molecule has 0 amide bonds. The third kappa shape index (κ3) is 3.74. The van der Waals surface area contributed by atoms with Crippen LogP contribution in [-0.2, 0) is 22.5 Å². The van der Waals surface area contributed by atoms with Crippen LogP contribution in [0.5, 0.6) is 0 Å². The predicted octanol–water partition coefficient (Wildman–Crippen LogP) is 0.289. The maximum absolute atomic E-state index is 10.0. The van der Waals surface area contributed by atoms with E-state index < -0.39 is 0 Å². The van der Waals surface area contributed by atoms with Crippen molar-refractivity contribution in [3.8, 4) is 0 Å². The van der Waals surface area contributed by atoms with E-state index in [1.54, 1.807) is 10.7 Å². The van der Waals surface area contributed by atoms with E-state index in [0.29, 0.717) is 22.5 Å². The highest BCUT2D eigenvalue weighted by atomic mass is 32.1. The molecule has 0 spiro atoms. The van der Waals surface area contributed by atoms with E-state index in [4.69, 9.17) is 0 Å². The van der Waals surface area contributed by atoms with E-state index in [-0.39, 0.29) is 11.8 Å². The summed E-state index contributed by atoms with van der Waals surface area (Å²) in [6.07, 6.45) is 0. The van der Waals surface area contributed by atoms with Gasteiger partial charge in [0.25, 0.3) is 0 Å². The molecule has 0 fully saturated rings. The van der Waals surface area contributed by atoms with Crippen LogP contribution in [0, 0.1) is 11.8 Å². The first-order chi connectivity index (χ1) is 4.72. The van der Waals surface area contributed by atoms with Gasteiger partial charge in [0.05, 0.1) is 22.5 Å². The van der Waals surface area contributed by atoms with Gasteiger partial charge in [-0.05, 0) is 11.8 Å². The van der Waals surface area contributed by atoms with Crippen molar-refractivity contribution < 1.29 is 8.42 Å². The Morgan fingerprint density at radius 2 is 1.30 bits per heavy atom. The minimum Gasteiger partial charge on any atom is -0.213 e. The Morgan fingerprint density at radius 3 is 1.50 bits per heavy atom. The molecule has 0 aliphatic heterocycles. The van der Waals surface area contributed by atoms with Gasteiger partial charge in [-0.15, -0.1) is 0 Å². The molecule has 0 heterocycles. The molecule has 0 N–H and O–H groups in total. The molecule has 2 nitrogen and oxygen atoms in total. The summed E-state index contributed by atoms with van der Waals surface area (Å²) in [5.74, 6) is 0.368. The summed E-state index contributed by atoms with van der Waals surface area (Å²) < 4.78 is 20.0. The fourth-order valence-electron chi connectivity index (χ4n) is 0.423. The Labute approximate surface area is 67.8 Å². The first-order valence-corrected chi connectivity index (χ1v) is 4.57. The van der Waals surface area contributed by atoms with Crippen LogP contribution in [0.2, 0.25) is 0 Å². The fraction of sp³-hybridized carbons (Fsp3) is 0.667. The van der Waals surface area contributed by atoms with Crippen molar-refractivity contribution >= 4 is 33.2 Å². The van der Waals surface area contributed by atoms with Gasteiger partial charge in [0.2, 0.25) is 0 Å².